The van der Waals surface area contributed by atoms with E-state index in [-0.39, 0.29) is 23.7 Å². The number of nitrogens with one attached hydrogen (secondary N) is 1. The van der Waals surface area contributed by atoms with Gasteiger partial charge in [-0.15, -0.1) is 0 Å². The number of benzene rings is 2. The molecule has 29 heavy (non-hydrogen) atoms. The SMILES string of the molecule is CCC(C(=O)NCc1ccccc1OC)N(c1ccc(OC)c(Cl)c1)S(C)(=O)=O. The number of carbonyl (C=O) groups is 1. The number of sulfonamides is 1. The highest BCUT2D eigenvalue weighted by Gasteiger charge is 2.31. The molecule has 0 aliphatic rings. The number of carbonyl (C=O) groups excluding carboxylic acids is 1. The van der Waals surface area contributed by atoms with Crippen LogP contribution in [0.2, 0.25) is 5.02 Å². The highest BCUT2D eigenvalue weighted by molar-refractivity contribution is 7.92. The fourth-order valence-electron chi connectivity index (χ4n) is 3.00. The Kier molecular flexibility index (Phi) is 7.75. The van der Waals surface area contributed by atoms with Gasteiger partial charge in [0.15, 0.2) is 0 Å². The van der Waals surface area contributed by atoms with Crippen LogP contribution in [0.3, 0.4) is 0 Å². The van der Waals surface area contributed by atoms with E-state index in [1.165, 1.54) is 13.2 Å². The second-order valence-corrected chi connectivity index (χ2v) is 8.60. The molecule has 0 heterocycles. The Hall–Kier alpha value is -2.45. The van der Waals surface area contributed by atoms with Crippen LogP contribution in [0.1, 0.15) is 18.9 Å². The molecule has 2 aromatic rings. The maximum atomic E-state index is 12.9. The van der Waals surface area contributed by atoms with E-state index in [1.54, 1.807) is 32.2 Å². The molecular weight excluding hydrogens is 416 g/mol. The first-order valence-corrected chi connectivity index (χ1v) is 11.2. The smallest absolute Gasteiger partial charge is 0.244 e. The van der Waals surface area contributed by atoms with Crippen molar-refractivity contribution in [3.63, 3.8) is 0 Å². The number of halogens is 1. The van der Waals surface area contributed by atoms with Crippen LogP contribution in [0.5, 0.6) is 11.5 Å². The number of methoxy groups -OCH3 is 2. The van der Waals surface area contributed by atoms with Crippen molar-refractivity contribution in [3.8, 4) is 11.5 Å². The van der Waals surface area contributed by atoms with E-state index in [2.05, 4.69) is 5.32 Å². The largest absolute Gasteiger partial charge is 0.496 e. The van der Waals surface area contributed by atoms with Gasteiger partial charge in [0.05, 0.1) is 31.2 Å². The minimum atomic E-state index is -3.76. The van der Waals surface area contributed by atoms with E-state index in [0.29, 0.717) is 11.5 Å². The van der Waals surface area contributed by atoms with Gasteiger partial charge >= 0.3 is 0 Å². The molecule has 7 nitrogen and oxygen atoms in total. The molecule has 0 spiro atoms. The Labute approximate surface area is 176 Å². The van der Waals surface area contributed by atoms with Gasteiger partial charge in [0.2, 0.25) is 15.9 Å². The van der Waals surface area contributed by atoms with Crippen molar-refractivity contribution >= 4 is 33.2 Å². The summed E-state index contributed by atoms with van der Waals surface area (Å²) in [5.41, 5.74) is 1.08. The summed E-state index contributed by atoms with van der Waals surface area (Å²) < 4.78 is 36.5. The first-order valence-electron chi connectivity index (χ1n) is 8.95. The zero-order chi connectivity index (χ0) is 21.6. The van der Waals surface area contributed by atoms with Gasteiger partial charge in [0.25, 0.3) is 0 Å². The average Bonchev–Trinajstić information content (AvgIpc) is 2.69. The van der Waals surface area contributed by atoms with Gasteiger partial charge in [-0.1, -0.05) is 36.7 Å². The van der Waals surface area contributed by atoms with Crippen molar-refractivity contribution < 1.29 is 22.7 Å². The Balaban J connectivity index is 2.31. The number of ether oxygens (including phenoxy) is 2. The van der Waals surface area contributed by atoms with Crippen molar-refractivity contribution in [2.45, 2.75) is 25.9 Å². The topological polar surface area (TPSA) is 84.9 Å². The number of anilines is 1. The molecule has 0 saturated carbocycles. The van der Waals surface area contributed by atoms with Gasteiger partial charge in [-0.25, -0.2) is 8.42 Å². The maximum absolute atomic E-state index is 12.9. The van der Waals surface area contributed by atoms with E-state index in [4.69, 9.17) is 21.1 Å². The summed E-state index contributed by atoms with van der Waals surface area (Å²) in [6.07, 6.45) is 1.33. The van der Waals surface area contributed by atoms with Crippen LogP contribution in [-0.4, -0.2) is 40.8 Å². The van der Waals surface area contributed by atoms with E-state index in [9.17, 15) is 13.2 Å². The summed E-state index contributed by atoms with van der Waals surface area (Å²) in [5.74, 6) is 0.635. The summed E-state index contributed by atoms with van der Waals surface area (Å²) in [4.78, 5) is 12.9. The molecule has 0 aliphatic heterocycles. The van der Waals surface area contributed by atoms with Crippen LogP contribution in [0.15, 0.2) is 42.5 Å². The van der Waals surface area contributed by atoms with Gasteiger partial charge in [-0.3, -0.25) is 9.10 Å². The van der Waals surface area contributed by atoms with Gasteiger partial charge in [-0.2, -0.15) is 0 Å². The first-order chi connectivity index (χ1) is 13.7. The van der Waals surface area contributed by atoms with Crippen LogP contribution in [0.25, 0.3) is 0 Å². The number of amides is 1. The van der Waals surface area contributed by atoms with Gasteiger partial charge in [0.1, 0.15) is 17.5 Å². The number of hydrogen-bond acceptors (Lipinski definition) is 5. The molecule has 2 aromatic carbocycles. The monoisotopic (exact) mass is 440 g/mol. The highest BCUT2D eigenvalue weighted by atomic mass is 35.5. The van der Waals surface area contributed by atoms with E-state index < -0.39 is 22.0 Å². The summed E-state index contributed by atoms with van der Waals surface area (Å²) in [6, 6.07) is 10.9. The molecule has 0 aromatic heterocycles. The van der Waals surface area contributed by atoms with Gasteiger partial charge in [-0.05, 0) is 30.7 Å². The Morgan fingerprint density at radius 3 is 2.34 bits per heavy atom. The van der Waals surface area contributed by atoms with E-state index >= 15 is 0 Å². The second-order valence-electron chi connectivity index (χ2n) is 6.33. The van der Waals surface area contributed by atoms with Crippen molar-refractivity contribution in [1.29, 1.82) is 0 Å². The second kappa shape index (κ2) is 9.84. The fraction of sp³-hybridized carbons (Fsp3) is 0.350. The Morgan fingerprint density at radius 2 is 1.79 bits per heavy atom. The zero-order valence-corrected chi connectivity index (χ0v) is 18.4. The lowest BCUT2D eigenvalue weighted by molar-refractivity contribution is -0.122. The molecule has 0 aliphatic carbocycles. The van der Waals surface area contributed by atoms with Crippen LogP contribution in [0, 0.1) is 0 Å². The third kappa shape index (κ3) is 5.55. The summed E-state index contributed by atoms with van der Waals surface area (Å²) in [7, 11) is -0.741. The van der Waals surface area contributed by atoms with Crippen molar-refractivity contribution in [1.82, 2.24) is 5.32 Å². The van der Waals surface area contributed by atoms with Crippen LogP contribution < -0.4 is 19.1 Å². The molecule has 158 valence electrons. The lowest BCUT2D eigenvalue weighted by Gasteiger charge is -2.30. The normalized spacial score (nSPS) is 12.2. The Morgan fingerprint density at radius 1 is 1.14 bits per heavy atom. The molecule has 2 rings (SSSR count). The maximum Gasteiger partial charge on any atom is 0.244 e. The zero-order valence-electron chi connectivity index (χ0n) is 16.8. The molecule has 0 fully saturated rings. The third-order valence-electron chi connectivity index (χ3n) is 4.37. The quantitative estimate of drug-likeness (QED) is 0.647. The van der Waals surface area contributed by atoms with E-state index in [1.807, 2.05) is 18.2 Å². The lowest BCUT2D eigenvalue weighted by Crippen LogP contribution is -2.49. The molecule has 0 radical (unpaired) electrons. The van der Waals surface area contributed by atoms with Crippen molar-refractivity contribution in [2.75, 3.05) is 24.8 Å². The third-order valence-corrected chi connectivity index (χ3v) is 5.84. The number of nitrogens with zero attached hydrogens (tertiary/aromatic N) is 1. The minimum Gasteiger partial charge on any atom is -0.496 e. The molecule has 9 heteroatoms. The van der Waals surface area contributed by atoms with Gasteiger partial charge < -0.3 is 14.8 Å². The summed E-state index contributed by atoms with van der Waals surface area (Å²) >= 11 is 6.16. The number of rotatable bonds is 9. The summed E-state index contributed by atoms with van der Waals surface area (Å²) in [5, 5.41) is 3.05. The predicted octanol–water partition coefficient (Wildman–Crippen LogP) is 3.22. The molecular formula is C20H25ClN2O5S. The molecule has 0 saturated heterocycles. The number of para-hydroxylation sites is 1. The Bertz CT molecular complexity index is 965. The summed E-state index contributed by atoms with van der Waals surface area (Å²) in [6.45, 7) is 1.96. The highest BCUT2D eigenvalue weighted by Crippen LogP contribution is 2.31. The van der Waals surface area contributed by atoms with Gasteiger partial charge in [0, 0.05) is 12.1 Å². The van der Waals surface area contributed by atoms with Crippen molar-refractivity contribution in [3.05, 3.63) is 53.1 Å². The minimum absolute atomic E-state index is 0.209. The van der Waals surface area contributed by atoms with Crippen LogP contribution >= 0.6 is 11.6 Å². The molecule has 0 bridgehead atoms. The first kappa shape index (κ1) is 22.8. The van der Waals surface area contributed by atoms with E-state index in [0.717, 1.165) is 16.1 Å². The lowest BCUT2D eigenvalue weighted by atomic mass is 10.1. The fourth-order valence-corrected chi connectivity index (χ4v) is 4.46. The molecule has 1 unspecified atom stereocenters. The molecule has 1 N–H and O–H groups in total. The van der Waals surface area contributed by atoms with Crippen molar-refractivity contribution in [2.24, 2.45) is 0 Å². The standard InChI is InChI=1S/C20H25ClN2O5S/c1-5-17(20(24)22-13-14-8-6-7-9-18(14)27-2)23(29(4,25)26)15-10-11-19(28-3)16(21)12-15/h6-12,17H,5,13H2,1-4H3,(H,22,24). The number of hydrogen-bond donors (Lipinski definition) is 1. The average molecular weight is 441 g/mol. The van der Waals surface area contributed by atoms with Crippen LogP contribution in [-0.2, 0) is 21.4 Å². The molecule has 1 atom stereocenters. The molecule has 1 amide bonds. The van der Waals surface area contributed by atoms with Crippen LogP contribution in [0.4, 0.5) is 5.69 Å². The predicted molar refractivity (Wildman–Crippen MR) is 114 cm³/mol.